The average Bonchev–Trinajstić information content (AvgIpc) is 2.49. The molecule has 0 saturated heterocycles. The number of hydrogen-bond acceptors (Lipinski definition) is 4. The molecule has 0 aliphatic carbocycles. The van der Waals surface area contributed by atoms with Gasteiger partial charge in [-0.3, -0.25) is 4.79 Å². The second-order valence-electron chi connectivity index (χ2n) is 4.23. The number of hydrogen-bond donors (Lipinski definition) is 3. The molecule has 0 bridgehead atoms. The highest BCUT2D eigenvalue weighted by Gasteiger charge is 2.14. The van der Waals surface area contributed by atoms with Crippen LogP contribution in [0.25, 0.3) is 0 Å². The van der Waals surface area contributed by atoms with Crippen LogP contribution in [0, 0.1) is 5.82 Å². The van der Waals surface area contributed by atoms with Crippen LogP contribution in [0.5, 0.6) is 0 Å². The number of anilines is 2. The van der Waals surface area contributed by atoms with E-state index >= 15 is 0 Å². The van der Waals surface area contributed by atoms with Crippen LogP contribution in [0.2, 0.25) is 0 Å². The number of carboxylic acid groups (broad SMARTS) is 1. The van der Waals surface area contributed by atoms with Crippen molar-refractivity contribution in [1.82, 2.24) is 0 Å². The van der Waals surface area contributed by atoms with Gasteiger partial charge in [-0.25, -0.2) is 9.18 Å². The number of carbonyl (C=O) groups is 2. The minimum absolute atomic E-state index is 0.0275. The number of para-hydroxylation sites is 2. The first-order valence-corrected chi connectivity index (χ1v) is 6.17. The van der Waals surface area contributed by atoms with Crippen molar-refractivity contribution < 1.29 is 19.1 Å². The van der Waals surface area contributed by atoms with Gasteiger partial charge in [0.2, 0.25) is 0 Å². The first kappa shape index (κ1) is 14.5. The molecule has 0 heterocycles. The highest BCUT2D eigenvalue weighted by molar-refractivity contribution is 5.94. The summed E-state index contributed by atoms with van der Waals surface area (Å²) in [6, 6.07) is 12.1. The van der Waals surface area contributed by atoms with E-state index in [2.05, 4.69) is 10.6 Å². The predicted octanol–water partition coefficient (Wildman–Crippen LogP) is 2.57. The zero-order valence-electron chi connectivity index (χ0n) is 10.9. The first-order valence-electron chi connectivity index (χ1n) is 6.17. The zero-order chi connectivity index (χ0) is 15.2. The van der Waals surface area contributed by atoms with Crippen LogP contribution in [0.3, 0.4) is 0 Å². The Morgan fingerprint density at radius 1 is 1.05 bits per heavy atom. The molecule has 0 aliphatic heterocycles. The number of halogens is 1. The number of carbonyl (C=O) groups excluding carboxylic acids is 1. The summed E-state index contributed by atoms with van der Waals surface area (Å²) < 4.78 is 13.5. The molecule has 0 radical (unpaired) electrons. The number of rotatable bonds is 6. The summed E-state index contributed by atoms with van der Waals surface area (Å²) in [5, 5.41) is 14.5. The summed E-state index contributed by atoms with van der Waals surface area (Å²) in [4.78, 5) is 22.2. The summed E-state index contributed by atoms with van der Waals surface area (Å²) in [6.07, 6.45) is -0.423. The van der Waals surface area contributed by atoms with Gasteiger partial charge >= 0.3 is 5.97 Å². The molecule has 6 heteroatoms. The Hall–Kier alpha value is -2.89. The number of nitrogens with one attached hydrogen (secondary N) is 2. The Balaban J connectivity index is 2.19. The molecule has 0 spiro atoms. The van der Waals surface area contributed by atoms with Gasteiger partial charge in [0.05, 0.1) is 16.9 Å². The monoisotopic (exact) mass is 288 g/mol. The average molecular weight is 288 g/mol. The molecule has 3 N–H and O–H groups in total. The molecule has 5 nitrogen and oxygen atoms in total. The molecule has 1 unspecified atom stereocenters. The van der Waals surface area contributed by atoms with Crippen molar-refractivity contribution in [2.45, 2.75) is 6.17 Å². The molecule has 0 saturated carbocycles. The minimum Gasteiger partial charge on any atom is -0.478 e. The summed E-state index contributed by atoms with van der Waals surface area (Å²) in [5.41, 5.74) is 0.445. The Kier molecular flexibility index (Phi) is 4.50. The van der Waals surface area contributed by atoms with Crippen LogP contribution in [0.4, 0.5) is 15.8 Å². The summed E-state index contributed by atoms with van der Waals surface area (Å²) in [5.74, 6) is -1.62. The molecule has 2 aromatic carbocycles. The fraction of sp³-hybridized carbons (Fsp3) is 0.0667. The van der Waals surface area contributed by atoms with Gasteiger partial charge in [0.25, 0.3) is 0 Å². The maximum atomic E-state index is 13.5. The molecule has 0 aliphatic rings. The summed E-state index contributed by atoms with van der Waals surface area (Å²) in [6.45, 7) is 0. The molecule has 0 amide bonds. The van der Waals surface area contributed by atoms with Crippen LogP contribution in [0.15, 0.2) is 48.5 Å². The highest BCUT2D eigenvalue weighted by atomic mass is 19.1. The van der Waals surface area contributed by atoms with Gasteiger partial charge in [-0.15, -0.1) is 0 Å². The molecule has 0 fully saturated rings. The Labute approximate surface area is 120 Å². The third-order valence-electron chi connectivity index (χ3n) is 2.79. The smallest absolute Gasteiger partial charge is 0.337 e. The summed E-state index contributed by atoms with van der Waals surface area (Å²) in [7, 11) is 0. The van der Waals surface area contributed by atoms with E-state index in [4.69, 9.17) is 5.11 Å². The van der Waals surface area contributed by atoms with Crippen molar-refractivity contribution >= 4 is 23.6 Å². The van der Waals surface area contributed by atoms with E-state index in [1.165, 1.54) is 30.3 Å². The minimum atomic E-state index is -1.12. The molecule has 0 aromatic heterocycles. The lowest BCUT2D eigenvalue weighted by atomic mass is 10.1. The van der Waals surface area contributed by atoms with E-state index in [1.54, 1.807) is 18.2 Å². The van der Waals surface area contributed by atoms with Crippen molar-refractivity contribution in [1.29, 1.82) is 0 Å². The van der Waals surface area contributed by atoms with E-state index in [0.29, 0.717) is 6.29 Å². The standard InChI is InChI=1S/C15H13FN2O3/c16-11-6-2-4-8-13(11)18-14(9-19)17-12-7-3-1-5-10(12)15(20)21/h1-9,14,17-18H,(H,20,21). The maximum absolute atomic E-state index is 13.5. The largest absolute Gasteiger partial charge is 0.478 e. The van der Waals surface area contributed by atoms with Gasteiger partial charge in [0, 0.05) is 0 Å². The van der Waals surface area contributed by atoms with Crippen LogP contribution in [-0.2, 0) is 4.79 Å². The third kappa shape index (κ3) is 3.56. The van der Waals surface area contributed by atoms with Crippen molar-refractivity contribution in [3.05, 3.63) is 59.9 Å². The van der Waals surface area contributed by atoms with Crippen molar-refractivity contribution in [2.75, 3.05) is 10.6 Å². The normalized spacial score (nSPS) is 11.5. The van der Waals surface area contributed by atoms with Crippen LogP contribution < -0.4 is 10.6 Å². The van der Waals surface area contributed by atoms with E-state index in [0.717, 1.165) is 0 Å². The maximum Gasteiger partial charge on any atom is 0.337 e. The Morgan fingerprint density at radius 3 is 2.24 bits per heavy atom. The lowest BCUT2D eigenvalue weighted by Crippen LogP contribution is -2.31. The van der Waals surface area contributed by atoms with Crippen molar-refractivity contribution in [3.8, 4) is 0 Å². The SMILES string of the molecule is O=CC(Nc1ccccc1F)Nc1ccccc1C(=O)O. The fourth-order valence-electron chi connectivity index (χ4n) is 1.81. The van der Waals surface area contributed by atoms with Crippen molar-refractivity contribution in [3.63, 3.8) is 0 Å². The zero-order valence-corrected chi connectivity index (χ0v) is 10.9. The number of benzene rings is 2. The third-order valence-corrected chi connectivity index (χ3v) is 2.79. The first-order chi connectivity index (χ1) is 10.1. The second-order valence-corrected chi connectivity index (χ2v) is 4.23. The van der Waals surface area contributed by atoms with E-state index in [-0.39, 0.29) is 16.9 Å². The molecule has 108 valence electrons. The number of aldehydes is 1. The molecule has 21 heavy (non-hydrogen) atoms. The topological polar surface area (TPSA) is 78.4 Å². The molecular weight excluding hydrogens is 275 g/mol. The fourth-order valence-corrected chi connectivity index (χ4v) is 1.81. The van der Waals surface area contributed by atoms with Gasteiger partial charge in [0.15, 0.2) is 12.5 Å². The Bertz CT molecular complexity index is 661. The van der Waals surface area contributed by atoms with Gasteiger partial charge < -0.3 is 15.7 Å². The highest BCUT2D eigenvalue weighted by Crippen LogP contribution is 2.18. The van der Waals surface area contributed by atoms with Crippen LogP contribution >= 0.6 is 0 Å². The Morgan fingerprint density at radius 2 is 1.62 bits per heavy atom. The van der Waals surface area contributed by atoms with Gasteiger partial charge in [0.1, 0.15) is 5.82 Å². The van der Waals surface area contributed by atoms with Gasteiger partial charge in [-0.1, -0.05) is 24.3 Å². The molecular formula is C15H13FN2O3. The second kappa shape index (κ2) is 6.51. The van der Waals surface area contributed by atoms with Gasteiger partial charge in [-0.2, -0.15) is 0 Å². The lowest BCUT2D eigenvalue weighted by Gasteiger charge is -2.18. The van der Waals surface area contributed by atoms with Crippen LogP contribution in [0.1, 0.15) is 10.4 Å². The van der Waals surface area contributed by atoms with E-state index < -0.39 is 18.0 Å². The van der Waals surface area contributed by atoms with Crippen LogP contribution in [-0.4, -0.2) is 23.5 Å². The van der Waals surface area contributed by atoms with Gasteiger partial charge in [-0.05, 0) is 24.3 Å². The lowest BCUT2D eigenvalue weighted by molar-refractivity contribution is -0.108. The summed E-state index contributed by atoms with van der Waals surface area (Å²) >= 11 is 0. The van der Waals surface area contributed by atoms with E-state index in [1.807, 2.05) is 0 Å². The number of carboxylic acids is 1. The number of aromatic carboxylic acids is 1. The molecule has 2 aromatic rings. The predicted molar refractivity (Wildman–Crippen MR) is 76.9 cm³/mol. The molecule has 2 rings (SSSR count). The molecule has 1 atom stereocenters. The quantitative estimate of drug-likeness (QED) is 0.562. The van der Waals surface area contributed by atoms with Crippen molar-refractivity contribution in [2.24, 2.45) is 0 Å². The van der Waals surface area contributed by atoms with E-state index in [9.17, 15) is 14.0 Å².